The van der Waals surface area contributed by atoms with Crippen molar-refractivity contribution in [2.75, 3.05) is 33.9 Å². The number of nitrogens with one attached hydrogen (secondary N) is 1. The van der Waals surface area contributed by atoms with Gasteiger partial charge >= 0.3 is 6.03 Å². The van der Waals surface area contributed by atoms with Gasteiger partial charge in [0.1, 0.15) is 0 Å². The maximum atomic E-state index is 11.0. The summed E-state index contributed by atoms with van der Waals surface area (Å²) in [6.07, 6.45) is 0.571. The van der Waals surface area contributed by atoms with Crippen LogP contribution in [0.1, 0.15) is 6.42 Å². The Hall–Kier alpha value is -0.810. The first-order valence-corrected chi connectivity index (χ1v) is 4.38. The summed E-state index contributed by atoms with van der Waals surface area (Å²) < 4.78 is 10.4. The highest BCUT2D eigenvalue weighted by atomic mass is 16.7. The Balaban J connectivity index is 2.03. The highest BCUT2D eigenvalue weighted by Gasteiger charge is 2.15. The van der Waals surface area contributed by atoms with Crippen molar-refractivity contribution in [2.24, 2.45) is 0 Å². The van der Waals surface area contributed by atoms with Gasteiger partial charge in [-0.2, -0.15) is 0 Å². The average molecular weight is 188 g/mol. The zero-order valence-corrected chi connectivity index (χ0v) is 8.08. The normalized spacial score (nSPS) is 17.4. The van der Waals surface area contributed by atoms with E-state index in [1.165, 1.54) is 4.90 Å². The fourth-order valence-electron chi connectivity index (χ4n) is 1.03. The molecule has 1 fully saturated rings. The van der Waals surface area contributed by atoms with E-state index in [0.717, 1.165) is 0 Å². The molecule has 1 saturated heterocycles. The molecular formula is C8H16N2O3. The van der Waals surface area contributed by atoms with Crippen LogP contribution in [0.3, 0.4) is 0 Å². The smallest absolute Gasteiger partial charge is 0.316 e. The van der Waals surface area contributed by atoms with Gasteiger partial charge in [-0.05, 0) is 0 Å². The van der Waals surface area contributed by atoms with Gasteiger partial charge in [0.2, 0.25) is 0 Å². The highest BCUT2D eigenvalue weighted by Crippen LogP contribution is 2.06. The van der Waals surface area contributed by atoms with Crippen molar-refractivity contribution in [1.29, 1.82) is 0 Å². The fourth-order valence-corrected chi connectivity index (χ4v) is 1.03. The number of amides is 2. The molecule has 13 heavy (non-hydrogen) atoms. The molecule has 1 aliphatic rings. The predicted molar refractivity (Wildman–Crippen MR) is 47.4 cm³/mol. The minimum absolute atomic E-state index is 0.0852. The third-order valence-corrected chi connectivity index (χ3v) is 1.75. The first kappa shape index (κ1) is 10.3. The van der Waals surface area contributed by atoms with Gasteiger partial charge in [-0.3, -0.25) is 0 Å². The monoisotopic (exact) mass is 188 g/mol. The summed E-state index contributed by atoms with van der Waals surface area (Å²) in [5.74, 6) is 0. The Morgan fingerprint density at radius 1 is 1.46 bits per heavy atom. The van der Waals surface area contributed by atoms with Crippen LogP contribution >= 0.6 is 0 Å². The van der Waals surface area contributed by atoms with Crippen LogP contribution < -0.4 is 5.32 Å². The van der Waals surface area contributed by atoms with Crippen molar-refractivity contribution in [3.63, 3.8) is 0 Å². The van der Waals surface area contributed by atoms with E-state index in [-0.39, 0.29) is 12.3 Å². The van der Waals surface area contributed by atoms with Gasteiger partial charge < -0.3 is 19.7 Å². The molecule has 76 valence electrons. The van der Waals surface area contributed by atoms with Crippen LogP contribution in [0, 0.1) is 0 Å². The second-order valence-corrected chi connectivity index (χ2v) is 3.09. The molecule has 0 bridgehead atoms. The summed E-state index contributed by atoms with van der Waals surface area (Å²) in [5, 5.41) is 2.74. The highest BCUT2D eigenvalue weighted by molar-refractivity contribution is 5.73. The molecule has 5 heteroatoms. The van der Waals surface area contributed by atoms with E-state index < -0.39 is 0 Å². The lowest BCUT2D eigenvalue weighted by atomic mass is 10.4. The van der Waals surface area contributed by atoms with Crippen LogP contribution in [0.5, 0.6) is 0 Å². The number of hydrogen-bond donors (Lipinski definition) is 1. The summed E-state index contributed by atoms with van der Waals surface area (Å²) in [4.78, 5) is 12.5. The summed E-state index contributed by atoms with van der Waals surface area (Å²) >= 11 is 0. The van der Waals surface area contributed by atoms with E-state index in [1.807, 2.05) is 0 Å². The topological polar surface area (TPSA) is 50.8 Å². The van der Waals surface area contributed by atoms with Gasteiger partial charge in [0.25, 0.3) is 0 Å². The van der Waals surface area contributed by atoms with Gasteiger partial charge in [0.15, 0.2) is 6.29 Å². The Labute approximate surface area is 78.0 Å². The zero-order valence-electron chi connectivity index (χ0n) is 8.08. The van der Waals surface area contributed by atoms with Crippen molar-refractivity contribution in [3.05, 3.63) is 0 Å². The average Bonchev–Trinajstić information content (AvgIpc) is 2.56. The lowest BCUT2D eigenvalue weighted by Gasteiger charge is -2.13. The molecule has 1 N–H and O–H groups in total. The minimum Gasteiger partial charge on any atom is -0.350 e. The van der Waals surface area contributed by atoms with Gasteiger partial charge in [0, 0.05) is 27.1 Å². The molecule has 0 spiro atoms. The van der Waals surface area contributed by atoms with Crippen molar-refractivity contribution in [3.8, 4) is 0 Å². The van der Waals surface area contributed by atoms with E-state index in [4.69, 9.17) is 9.47 Å². The molecule has 0 aromatic rings. The van der Waals surface area contributed by atoms with Crippen LogP contribution in [-0.4, -0.2) is 51.1 Å². The molecule has 0 aromatic heterocycles. The Bertz CT molecular complexity index is 167. The van der Waals surface area contributed by atoms with E-state index >= 15 is 0 Å². The molecule has 1 heterocycles. The molecular weight excluding hydrogens is 172 g/mol. The van der Waals surface area contributed by atoms with E-state index in [1.54, 1.807) is 14.1 Å². The van der Waals surface area contributed by atoms with E-state index in [9.17, 15) is 4.79 Å². The van der Waals surface area contributed by atoms with E-state index in [0.29, 0.717) is 26.2 Å². The van der Waals surface area contributed by atoms with Crippen LogP contribution in [0.25, 0.3) is 0 Å². The molecule has 1 rings (SSSR count). The standard InChI is InChI=1S/C8H16N2O3/c1-10(2)8(11)9-4-3-7-12-5-6-13-7/h7H,3-6H2,1-2H3,(H,9,11). The number of rotatable bonds is 3. The number of carbonyl (C=O) groups excluding carboxylic acids is 1. The van der Waals surface area contributed by atoms with Crippen molar-refractivity contribution in [2.45, 2.75) is 12.7 Å². The largest absolute Gasteiger partial charge is 0.350 e. The quantitative estimate of drug-likeness (QED) is 0.679. The molecule has 0 aliphatic carbocycles. The van der Waals surface area contributed by atoms with Crippen molar-refractivity contribution >= 4 is 6.03 Å². The van der Waals surface area contributed by atoms with Crippen LogP contribution in [0.2, 0.25) is 0 Å². The van der Waals surface area contributed by atoms with Crippen molar-refractivity contribution < 1.29 is 14.3 Å². The second kappa shape index (κ2) is 5.04. The Morgan fingerprint density at radius 3 is 2.62 bits per heavy atom. The van der Waals surface area contributed by atoms with Gasteiger partial charge in [-0.1, -0.05) is 0 Å². The summed E-state index contributed by atoms with van der Waals surface area (Å²) in [7, 11) is 3.41. The van der Waals surface area contributed by atoms with Crippen LogP contribution in [-0.2, 0) is 9.47 Å². The lowest BCUT2D eigenvalue weighted by molar-refractivity contribution is -0.0455. The Morgan fingerprint density at radius 2 is 2.08 bits per heavy atom. The predicted octanol–water partition coefficient (Wildman–Crippen LogP) is 0.0206. The molecule has 2 amide bonds. The molecule has 0 atom stereocenters. The number of hydrogen-bond acceptors (Lipinski definition) is 3. The minimum atomic E-state index is -0.137. The summed E-state index contributed by atoms with van der Waals surface area (Å²) in [6, 6.07) is -0.0852. The molecule has 0 aromatic carbocycles. The summed E-state index contributed by atoms with van der Waals surface area (Å²) in [6.45, 7) is 1.90. The maximum absolute atomic E-state index is 11.0. The third kappa shape index (κ3) is 3.61. The number of urea groups is 1. The SMILES string of the molecule is CN(C)C(=O)NCCC1OCCO1. The first-order chi connectivity index (χ1) is 6.20. The number of nitrogens with zero attached hydrogens (tertiary/aromatic N) is 1. The lowest BCUT2D eigenvalue weighted by Crippen LogP contribution is -2.36. The number of ether oxygens (including phenoxy) is 2. The second-order valence-electron chi connectivity index (χ2n) is 3.09. The maximum Gasteiger partial charge on any atom is 0.316 e. The molecule has 0 unspecified atom stereocenters. The zero-order chi connectivity index (χ0) is 9.68. The summed E-state index contributed by atoms with van der Waals surface area (Å²) in [5.41, 5.74) is 0. The molecule has 0 saturated carbocycles. The first-order valence-electron chi connectivity index (χ1n) is 4.38. The Kier molecular flexibility index (Phi) is 3.98. The fraction of sp³-hybridized carbons (Fsp3) is 0.875. The third-order valence-electron chi connectivity index (χ3n) is 1.75. The molecule has 0 radical (unpaired) electrons. The van der Waals surface area contributed by atoms with Gasteiger partial charge in [0.05, 0.1) is 13.2 Å². The van der Waals surface area contributed by atoms with Crippen LogP contribution in [0.4, 0.5) is 4.79 Å². The van der Waals surface area contributed by atoms with Gasteiger partial charge in [-0.15, -0.1) is 0 Å². The van der Waals surface area contributed by atoms with Crippen molar-refractivity contribution in [1.82, 2.24) is 10.2 Å². The molecule has 5 nitrogen and oxygen atoms in total. The molecule has 1 aliphatic heterocycles. The number of carbonyl (C=O) groups is 1. The van der Waals surface area contributed by atoms with Crippen LogP contribution in [0.15, 0.2) is 0 Å². The van der Waals surface area contributed by atoms with Gasteiger partial charge in [-0.25, -0.2) is 4.79 Å². The van der Waals surface area contributed by atoms with E-state index in [2.05, 4.69) is 5.32 Å².